The van der Waals surface area contributed by atoms with Crippen molar-refractivity contribution >= 4 is 28.8 Å². The van der Waals surface area contributed by atoms with Crippen LogP contribution in [0.2, 0.25) is 0 Å². The van der Waals surface area contributed by atoms with Gasteiger partial charge in [0.2, 0.25) is 17.4 Å². The molecule has 2 N–H and O–H groups in total. The van der Waals surface area contributed by atoms with Gasteiger partial charge in [-0.3, -0.25) is 14.0 Å². The molecule has 1 aromatic carbocycles. The highest BCUT2D eigenvalue weighted by Gasteiger charge is 2.32. The van der Waals surface area contributed by atoms with Crippen molar-refractivity contribution in [2.45, 2.75) is 19.3 Å². The fraction of sp³-hybridized carbons (Fsp3) is 0.308. The molecule has 5 heterocycles. The lowest BCUT2D eigenvalue weighted by atomic mass is 10.1. The number of halogens is 2. The Morgan fingerprint density at radius 3 is 2.61 bits per heavy atom. The number of amides is 1. The van der Waals surface area contributed by atoms with Gasteiger partial charge in [-0.1, -0.05) is 12.1 Å². The van der Waals surface area contributed by atoms with Crippen LogP contribution in [0.1, 0.15) is 24.1 Å². The van der Waals surface area contributed by atoms with Crippen molar-refractivity contribution in [3.05, 3.63) is 75.9 Å². The standard InChI is InChI=1S/C26H25FN6O4.ClH/c27-17-5-3-16(4-6-17)12-18-14-28-24(29-18)22-23(35)26(36)33-15-19(31-8-10-37-11-9-31)13-20(25(33)30-22)32-7-1-2-21(32)34;/h3-6,13-15,29,35H,1-2,7-12H2;1H/q+1;/p-1. The molecule has 2 fully saturated rings. The van der Waals surface area contributed by atoms with Crippen molar-refractivity contribution in [1.29, 1.82) is 0 Å². The first-order chi connectivity index (χ1) is 18.0. The number of nitrogens with zero attached hydrogens (tertiary/aromatic N) is 5. The van der Waals surface area contributed by atoms with Crippen LogP contribution in [-0.2, 0) is 16.0 Å². The fourth-order valence-corrected chi connectivity index (χ4v) is 4.85. The van der Waals surface area contributed by atoms with Gasteiger partial charge >= 0.3 is 11.4 Å². The van der Waals surface area contributed by atoms with Crippen LogP contribution < -0.4 is 38.1 Å². The zero-order valence-electron chi connectivity index (χ0n) is 20.4. The summed E-state index contributed by atoms with van der Waals surface area (Å²) in [6.45, 7) is 2.94. The van der Waals surface area contributed by atoms with Gasteiger partial charge < -0.3 is 32.1 Å². The van der Waals surface area contributed by atoms with Crippen LogP contribution in [-0.4, -0.2) is 59.1 Å². The van der Waals surface area contributed by atoms with Crippen LogP contribution >= 0.6 is 0 Å². The summed E-state index contributed by atoms with van der Waals surface area (Å²) in [5, 5.41) is 14.0. The van der Waals surface area contributed by atoms with Crippen LogP contribution in [0.5, 0.6) is 5.75 Å². The Morgan fingerprint density at radius 1 is 1.13 bits per heavy atom. The van der Waals surface area contributed by atoms with Crippen LogP contribution in [0.3, 0.4) is 0 Å². The maximum Gasteiger partial charge on any atom is 0.351 e. The van der Waals surface area contributed by atoms with E-state index in [-0.39, 0.29) is 41.3 Å². The molecule has 0 bridgehead atoms. The molecule has 197 valence electrons. The number of benzene rings is 1. The molecule has 0 spiro atoms. The van der Waals surface area contributed by atoms with E-state index in [0.29, 0.717) is 63.5 Å². The number of allylic oxidation sites excluding steroid dienone is 1. The number of aromatic hydroxyl groups is 1. The lowest BCUT2D eigenvalue weighted by molar-refractivity contribution is -0.117. The number of aliphatic imine (C=N–C) groups is 1. The summed E-state index contributed by atoms with van der Waals surface area (Å²) >= 11 is 0. The normalized spacial score (nSPS) is 17.3. The number of rotatable bonds is 5. The molecule has 1 radical (unpaired) electrons. The lowest BCUT2D eigenvalue weighted by Gasteiger charge is -2.30. The second-order valence-electron chi connectivity index (χ2n) is 9.20. The Labute approximate surface area is 223 Å². The number of nitrogens with one attached hydrogen (secondary N) is 1. The molecule has 0 unspecified atom stereocenters. The summed E-state index contributed by atoms with van der Waals surface area (Å²) in [7, 11) is 0. The molecule has 0 saturated carbocycles. The molecule has 3 aromatic rings. The Kier molecular flexibility index (Phi) is 7.04. The number of carbonyl (C=O) groups is 1. The van der Waals surface area contributed by atoms with Gasteiger partial charge in [0, 0.05) is 38.7 Å². The van der Waals surface area contributed by atoms with Crippen LogP contribution in [0, 0.1) is 5.82 Å². The third-order valence-electron chi connectivity index (χ3n) is 6.77. The summed E-state index contributed by atoms with van der Waals surface area (Å²) in [6.07, 6.45) is 4.83. The summed E-state index contributed by atoms with van der Waals surface area (Å²) < 4.78 is 20.0. The fourth-order valence-electron chi connectivity index (χ4n) is 4.85. The van der Waals surface area contributed by atoms with Gasteiger partial charge in [0.15, 0.2) is 11.8 Å². The van der Waals surface area contributed by atoms with E-state index in [4.69, 9.17) is 4.74 Å². The molecule has 12 heteroatoms. The first-order valence-electron chi connectivity index (χ1n) is 12.2. The number of anilines is 2. The molecule has 10 nitrogen and oxygen atoms in total. The van der Waals surface area contributed by atoms with Gasteiger partial charge in [0.1, 0.15) is 11.5 Å². The van der Waals surface area contributed by atoms with E-state index in [9.17, 15) is 19.1 Å². The summed E-state index contributed by atoms with van der Waals surface area (Å²) in [5.41, 5.74) is 2.46. The Bertz CT molecular complexity index is 1510. The molecule has 2 saturated heterocycles. The summed E-state index contributed by atoms with van der Waals surface area (Å²) in [6, 6.07) is 8.01. The maximum absolute atomic E-state index is 13.4. The number of hydrogen-bond donors (Lipinski definition) is 2. The van der Waals surface area contributed by atoms with Gasteiger partial charge in [-0.25, -0.2) is 14.7 Å². The summed E-state index contributed by atoms with van der Waals surface area (Å²) in [5.74, 6) is -0.670. The van der Waals surface area contributed by atoms with Crippen molar-refractivity contribution in [2.24, 2.45) is 0 Å². The first kappa shape index (κ1) is 25.7. The second-order valence-corrected chi connectivity index (χ2v) is 9.20. The first-order valence-corrected chi connectivity index (χ1v) is 12.2. The van der Waals surface area contributed by atoms with Gasteiger partial charge in [0.05, 0.1) is 24.6 Å². The van der Waals surface area contributed by atoms with Crippen molar-refractivity contribution < 1.29 is 31.4 Å². The molecule has 38 heavy (non-hydrogen) atoms. The van der Waals surface area contributed by atoms with E-state index in [2.05, 4.69) is 20.2 Å². The highest BCUT2D eigenvalue weighted by molar-refractivity contribution is 6.03. The number of carbonyl (C=O) groups excluding carboxylic acids is 1. The van der Waals surface area contributed by atoms with Crippen LogP contribution in [0.25, 0.3) is 5.65 Å². The average molecular weight is 540 g/mol. The number of hydrogen-bond acceptors (Lipinski definition) is 8. The average Bonchev–Trinajstić information content (AvgIpc) is 3.56. The predicted molar refractivity (Wildman–Crippen MR) is 135 cm³/mol. The zero-order chi connectivity index (χ0) is 25.5. The van der Waals surface area contributed by atoms with Crippen molar-refractivity contribution in [3.63, 3.8) is 0 Å². The Balaban J connectivity index is 0.00000294. The second kappa shape index (κ2) is 10.4. The third-order valence-corrected chi connectivity index (χ3v) is 6.77. The van der Waals surface area contributed by atoms with E-state index >= 15 is 0 Å². The Morgan fingerprint density at radius 2 is 1.89 bits per heavy atom. The molecule has 0 atom stereocenters. The highest BCUT2D eigenvalue weighted by Crippen LogP contribution is 2.31. The van der Waals surface area contributed by atoms with E-state index in [1.807, 2.05) is 6.07 Å². The van der Waals surface area contributed by atoms with Crippen LogP contribution in [0.15, 0.2) is 53.2 Å². The minimum atomic E-state index is -0.653. The van der Waals surface area contributed by atoms with Crippen molar-refractivity contribution in [2.75, 3.05) is 42.6 Å². The minimum absolute atomic E-state index is 0. The maximum atomic E-state index is 13.4. The summed E-state index contributed by atoms with van der Waals surface area (Å²) in [4.78, 5) is 38.8. The quantitative estimate of drug-likeness (QED) is 0.396. The minimum Gasteiger partial charge on any atom is -1.00 e. The molecule has 0 aliphatic carbocycles. The molecule has 3 aliphatic rings. The lowest BCUT2D eigenvalue weighted by Crippen LogP contribution is -3.00. The number of aromatic nitrogens is 2. The number of morpholine rings is 1. The van der Waals surface area contributed by atoms with Gasteiger partial charge in [-0.2, -0.15) is 0 Å². The molecular weight excluding hydrogens is 515 g/mol. The smallest absolute Gasteiger partial charge is 0.351 e. The Hall–Kier alpha value is -3.96. The largest absolute Gasteiger partial charge is 1.00 e. The highest BCUT2D eigenvalue weighted by atomic mass is 35.5. The molecule has 2 aromatic heterocycles. The molecule has 3 aliphatic heterocycles. The molecule has 1 amide bonds. The third kappa shape index (κ3) is 4.70. The SMILES string of the molecule is O=C1CCCN1c1cc(N2CCOCC2)cn2c(=O)c(O)c(C3=[N+]C=C(Cc4ccc(F)cc4)N3)nc12.[Cl-]. The zero-order valence-corrected chi connectivity index (χ0v) is 21.1. The van der Waals surface area contributed by atoms with Gasteiger partial charge in [0.25, 0.3) is 0 Å². The van der Waals surface area contributed by atoms with E-state index in [1.54, 1.807) is 29.4 Å². The van der Waals surface area contributed by atoms with Crippen molar-refractivity contribution in [1.82, 2.24) is 19.7 Å². The number of amidine groups is 1. The van der Waals surface area contributed by atoms with Crippen LogP contribution in [0.4, 0.5) is 15.8 Å². The van der Waals surface area contributed by atoms with E-state index in [1.165, 1.54) is 16.5 Å². The topological polar surface area (TPSA) is 114 Å². The van der Waals surface area contributed by atoms with Gasteiger partial charge in [-0.05, 0) is 35.2 Å². The van der Waals surface area contributed by atoms with E-state index in [0.717, 1.165) is 11.3 Å². The van der Waals surface area contributed by atoms with Gasteiger partial charge in [-0.15, -0.1) is 0 Å². The van der Waals surface area contributed by atoms with Crippen molar-refractivity contribution in [3.8, 4) is 5.75 Å². The number of fused-ring (bicyclic) bond motifs is 1. The molecular formula is C26H25ClFN6O4. The van der Waals surface area contributed by atoms with E-state index < -0.39 is 11.3 Å². The number of ether oxygens (including phenoxy) is 1. The number of pyridine rings is 1. The predicted octanol–water partition coefficient (Wildman–Crippen LogP) is -1.72. The molecule has 6 rings (SSSR count). The monoisotopic (exact) mass is 539 g/mol.